The van der Waals surface area contributed by atoms with Gasteiger partial charge in [0.1, 0.15) is 0 Å². The van der Waals surface area contributed by atoms with Crippen molar-refractivity contribution in [1.29, 1.82) is 0 Å². The van der Waals surface area contributed by atoms with Crippen molar-refractivity contribution in [2.45, 2.75) is 33.6 Å². The van der Waals surface area contributed by atoms with Gasteiger partial charge in [-0.3, -0.25) is 4.79 Å². The molecular formula is C13H26N2O. The number of hydrogen-bond acceptors (Lipinski definition) is 2. The maximum absolute atomic E-state index is 11.8. The molecule has 0 aromatic heterocycles. The molecule has 0 saturated carbocycles. The Labute approximate surface area is 100 Å². The Morgan fingerprint density at radius 3 is 2.38 bits per heavy atom. The van der Waals surface area contributed by atoms with Crippen LogP contribution >= 0.6 is 0 Å². The Balaban J connectivity index is 3.99. The highest BCUT2D eigenvalue weighted by molar-refractivity contribution is 5.87. The van der Waals surface area contributed by atoms with Gasteiger partial charge < -0.3 is 9.80 Å². The predicted molar refractivity (Wildman–Crippen MR) is 69.5 cm³/mol. The number of carbonyl (C=O) groups excluding carboxylic acids is 1. The average Bonchev–Trinajstić information content (AvgIpc) is 2.29. The maximum Gasteiger partial charge on any atom is 0.246 e. The fourth-order valence-electron chi connectivity index (χ4n) is 1.34. The van der Waals surface area contributed by atoms with E-state index in [9.17, 15) is 4.79 Å². The third-order valence-electron chi connectivity index (χ3n) is 2.69. The lowest BCUT2D eigenvalue weighted by Gasteiger charge is -2.18. The molecule has 0 aliphatic rings. The zero-order valence-corrected chi connectivity index (χ0v) is 11.2. The van der Waals surface area contributed by atoms with E-state index in [4.69, 9.17) is 0 Å². The van der Waals surface area contributed by atoms with Crippen LogP contribution in [0.4, 0.5) is 0 Å². The third kappa shape index (κ3) is 6.62. The summed E-state index contributed by atoms with van der Waals surface area (Å²) < 4.78 is 0. The Bertz CT molecular complexity index is 214. The second-order valence-corrected chi connectivity index (χ2v) is 4.03. The largest absolute Gasteiger partial charge is 0.339 e. The second kappa shape index (κ2) is 9.40. The van der Waals surface area contributed by atoms with E-state index in [1.807, 2.05) is 24.9 Å². The predicted octanol–water partition coefficient (Wildman–Crippen LogP) is 2.14. The van der Waals surface area contributed by atoms with Gasteiger partial charge >= 0.3 is 0 Å². The van der Waals surface area contributed by atoms with E-state index in [1.54, 1.807) is 6.08 Å². The molecule has 0 aromatic rings. The summed E-state index contributed by atoms with van der Waals surface area (Å²) in [6, 6.07) is 0. The molecule has 0 saturated heterocycles. The second-order valence-electron chi connectivity index (χ2n) is 4.03. The van der Waals surface area contributed by atoms with Gasteiger partial charge in [-0.25, -0.2) is 0 Å². The number of rotatable bonds is 8. The summed E-state index contributed by atoms with van der Waals surface area (Å²) in [7, 11) is 2.05. The van der Waals surface area contributed by atoms with Crippen LogP contribution in [0.15, 0.2) is 12.2 Å². The molecule has 0 spiro atoms. The first kappa shape index (κ1) is 15.2. The summed E-state index contributed by atoms with van der Waals surface area (Å²) in [6.07, 6.45) is 5.86. The number of nitrogens with zero attached hydrogens (tertiary/aromatic N) is 2. The SMILES string of the molecule is CCCCN(CC)C(=O)/C=C/CN(C)CC. The van der Waals surface area contributed by atoms with Crippen LogP contribution in [-0.2, 0) is 4.79 Å². The van der Waals surface area contributed by atoms with E-state index in [-0.39, 0.29) is 5.91 Å². The number of unbranched alkanes of at least 4 members (excludes halogenated alkanes) is 1. The van der Waals surface area contributed by atoms with Crippen molar-refractivity contribution >= 4 is 5.91 Å². The van der Waals surface area contributed by atoms with E-state index in [0.29, 0.717) is 0 Å². The summed E-state index contributed by atoms with van der Waals surface area (Å²) >= 11 is 0. The lowest BCUT2D eigenvalue weighted by molar-refractivity contribution is -0.125. The monoisotopic (exact) mass is 226 g/mol. The molecule has 1 amide bonds. The number of amides is 1. The molecule has 3 heteroatoms. The lowest BCUT2D eigenvalue weighted by atomic mass is 10.3. The standard InChI is InChI=1S/C13H26N2O/c1-5-8-12-15(7-3)13(16)10-9-11-14(4)6-2/h9-10H,5-8,11-12H2,1-4H3/b10-9+. The van der Waals surface area contributed by atoms with E-state index in [1.165, 1.54) is 0 Å². The van der Waals surface area contributed by atoms with Gasteiger partial charge in [0.05, 0.1) is 0 Å². The molecule has 0 aliphatic carbocycles. The normalized spacial score (nSPS) is 11.3. The van der Waals surface area contributed by atoms with Crippen molar-refractivity contribution in [2.75, 3.05) is 33.2 Å². The Hall–Kier alpha value is -0.830. The van der Waals surface area contributed by atoms with Gasteiger partial charge in [-0.1, -0.05) is 26.3 Å². The van der Waals surface area contributed by atoms with Gasteiger partial charge in [-0.05, 0) is 26.9 Å². The van der Waals surface area contributed by atoms with Crippen molar-refractivity contribution in [2.24, 2.45) is 0 Å². The molecule has 0 rings (SSSR count). The van der Waals surface area contributed by atoms with Crippen LogP contribution in [0.5, 0.6) is 0 Å². The van der Waals surface area contributed by atoms with E-state index >= 15 is 0 Å². The number of likely N-dealkylation sites (N-methyl/N-ethyl adjacent to an activating group) is 2. The first-order valence-corrected chi connectivity index (χ1v) is 6.29. The molecule has 94 valence electrons. The molecule has 0 aromatic carbocycles. The minimum atomic E-state index is 0.139. The molecule has 0 fully saturated rings. The van der Waals surface area contributed by atoms with Gasteiger partial charge in [0.25, 0.3) is 0 Å². The van der Waals surface area contributed by atoms with E-state index in [0.717, 1.165) is 39.0 Å². The van der Waals surface area contributed by atoms with Crippen LogP contribution in [0.25, 0.3) is 0 Å². The van der Waals surface area contributed by atoms with Crippen LogP contribution in [-0.4, -0.2) is 48.9 Å². The first-order valence-electron chi connectivity index (χ1n) is 6.29. The molecule has 0 atom stereocenters. The van der Waals surface area contributed by atoms with Crippen molar-refractivity contribution in [1.82, 2.24) is 9.80 Å². The number of carbonyl (C=O) groups is 1. The third-order valence-corrected chi connectivity index (χ3v) is 2.69. The van der Waals surface area contributed by atoms with Gasteiger partial charge in [0.2, 0.25) is 5.91 Å². The Morgan fingerprint density at radius 1 is 1.19 bits per heavy atom. The highest BCUT2D eigenvalue weighted by atomic mass is 16.2. The number of hydrogen-bond donors (Lipinski definition) is 0. The minimum absolute atomic E-state index is 0.139. The van der Waals surface area contributed by atoms with Crippen LogP contribution < -0.4 is 0 Å². The van der Waals surface area contributed by atoms with Crippen molar-refractivity contribution in [3.05, 3.63) is 12.2 Å². The van der Waals surface area contributed by atoms with Gasteiger partial charge in [-0.2, -0.15) is 0 Å². The smallest absolute Gasteiger partial charge is 0.246 e. The van der Waals surface area contributed by atoms with Crippen LogP contribution in [0.2, 0.25) is 0 Å². The molecule has 3 nitrogen and oxygen atoms in total. The van der Waals surface area contributed by atoms with Gasteiger partial charge in [0, 0.05) is 25.7 Å². The quantitative estimate of drug-likeness (QED) is 0.592. The van der Waals surface area contributed by atoms with Crippen molar-refractivity contribution in [3.63, 3.8) is 0 Å². The van der Waals surface area contributed by atoms with Crippen molar-refractivity contribution in [3.8, 4) is 0 Å². The summed E-state index contributed by atoms with van der Waals surface area (Å²) in [5, 5.41) is 0. The zero-order valence-electron chi connectivity index (χ0n) is 11.2. The topological polar surface area (TPSA) is 23.6 Å². The highest BCUT2D eigenvalue weighted by Crippen LogP contribution is 1.97. The summed E-state index contributed by atoms with van der Waals surface area (Å²) in [6.45, 7) is 9.80. The van der Waals surface area contributed by atoms with Crippen LogP contribution in [0, 0.1) is 0 Å². The molecule has 16 heavy (non-hydrogen) atoms. The molecule has 0 aliphatic heterocycles. The zero-order chi connectivity index (χ0) is 12.4. The van der Waals surface area contributed by atoms with Gasteiger partial charge in [0.15, 0.2) is 0 Å². The van der Waals surface area contributed by atoms with Gasteiger partial charge in [-0.15, -0.1) is 0 Å². The molecule has 0 unspecified atom stereocenters. The maximum atomic E-state index is 11.8. The van der Waals surface area contributed by atoms with E-state index in [2.05, 4.69) is 18.7 Å². The molecule has 0 N–H and O–H groups in total. The fourth-order valence-corrected chi connectivity index (χ4v) is 1.34. The summed E-state index contributed by atoms with van der Waals surface area (Å²) in [5.41, 5.74) is 0. The van der Waals surface area contributed by atoms with E-state index < -0.39 is 0 Å². The molecule has 0 radical (unpaired) electrons. The fraction of sp³-hybridized carbons (Fsp3) is 0.769. The molecular weight excluding hydrogens is 200 g/mol. The lowest BCUT2D eigenvalue weighted by Crippen LogP contribution is -2.30. The average molecular weight is 226 g/mol. The van der Waals surface area contributed by atoms with Crippen molar-refractivity contribution < 1.29 is 4.79 Å². The first-order chi connectivity index (χ1) is 7.65. The molecule has 0 bridgehead atoms. The highest BCUT2D eigenvalue weighted by Gasteiger charge is 2.06. The Morgan fingerprint density at radius 2 is 1.88 bits per heavy atom. The minimum Gasteiger partial charge on any atom is -0.339 e. The Kier molecular flexibility index (Phi) is 8.91. The molecule has 0 heterocycles. The van der Waals surface area contributed by atoms with Crippen LogP contribution in [0.1, 0.15) is 33.6 Å². The summed E-state index contributed by atoms with van der Waals surface area (Å²) in [4.78, 5) is 15.8. The summed E-state index contributed by atoms with van der Waals surface area (Å²) in [5.74, 6) is 0.139. The van der Waals surface area contributed by atoms with Crippen LogP contribution in [0.3, 0.4) is 0 Å².